The fourth-order valence-corrected chi connectivity index (χ4v) is 4.40. The minimum absolute atomic E-state index is 0.0331. The number of aliphatic hydroxyl groups excluding tert-OH is 1. The van der Waals surface area contributed by atoms with Gasteiger partial charge in [-0.3, -0.25) is 4.79 Å². The molecule has 2 N–H and O–H groups in total. The van der Waals surface area contributed by atoms with E-state index in [1.807, 2.05) is 0 Å². The summed E-state index contributed by atoms with van der Waals surface area (Å²) in [6, 6.07) is 3.20. The van der Waals surface area contributed by atoms with E-state index in [1.54, 1.807) is 13.0 Å². The Balaban J connectivity index is 1.36. The summed E-state index contributed by atoms with van der Waals surface area (Å²) in [7, 11) is 0. The number of aliphatic hydroxyl groups is 1. The van der Waals surface area contributed by atoms with Crippen molar-refractivity contribution in [3.63, 3.8) is 0 Å². The van der Waals surface area contributed by atoms with E-state index in [2.05, 4.69) is 30.2 Å². The fourth-order valence-electron chi connectivity index (χ4n) is 4.40. The first-order valence-electron chi connectivity index (χ1n) is 13.7. The van der Waals surface area contributed by atoms with Gasteiger partial charge in [0.2, 0.25) is 17.7 Å². The Bertz CT molecular complexity index is 1510. The molecule has 0 aromatic carbocycles. The molecular formula is C25H27F3N8O3. The maximum Gasteiger partial charge on any atom is 0.451 e. The Labute approximate surface area is 226 Å². The van der Waals surface area contributed by atoms with Gasteiger partial charge >= 0.3 is 6.18 Å². The van der Waals surface area contributed by atoms with Gasteiger partial charge in [0, 0.05) is 36.4 Å². The predicted octanol–water partition coefficient (Wildman–Crippen LogP) is 3.13. The van der Waals surface area contributed by atoms with E-state index in [0.717, 1.165) is 11.1 Å². The van der Waals surface area contributed by atoms with Gasteiger partial charge in [0.15, 0.2) is 11.6 Å². The molecule has 3 aromatic rings. The highest BCUT2D eigenvalue weighted by molar-refractivity contribution is 6.08. The number of likely N-dealkylation sites (N-methyl/N-ethyl adjacent to an activating group) is 1. The van der Waals surface area contributed by atoms with Gasteiger partial charge in [-0.25, -0.2) is 19.9 Å². The minimum atomic E-state index is -4.67. The average molecular weight is 548 g/mol. The zero-order valence-electron chi connectivity index (χ0n) is 24.1. The van der Waals surface area contributed by atoms with E-state index in [1.165, 1.54) is 24.1 Å². The molecule has 11 nitrogen and oxygen atoms in total. The molecule has 206 valence electrons. The number of alkyl halides is 3. The number of hydrogen-bond acceptors (Lipinski definition) is 10. The standard InChI is InChI=1S/C25H27F3N8O3/c1-4-15-17(12-30-21(32-15)25(26,27)28)39-18-8-7-14(10-29-18)11-31-23-33-16-6-5-9-36-19(16)20(34-23)35(3)24(2,13-37)22(36)38/h7-8,10,12,37H,4-6,9,11,13H2,1-3H3,(H,31,33,34)/t24-/m0/s1/i3D3. The number of pyridine rings is 1. The first-order valence-corrected chi connectivity index (χ1v) is 12.2. The largest absolute Gasteiger partial charge is 0.451 e. The lowest BCUT2D eigenvalue weighted by Gasteiger charge is -2.47. The molecule has 0 radical (unpaired) electrons. The van der Waals surface area contributed by atoms with Crippen LogP contribution in [0.1, 0.15) is 47.2 Å². The van der Waals surface area contributed by atoms with Crippen LogP contribution in [-0.4, -0.2) is 61.6 Å². The van der Waals surface area contributed by atoms with Gasteiger partial charge < -0.3 is 25.0 Å². The van der Waals surface area contributed by atoms with Crippen LogP contribution in [0.25, 0.3) is 0 Å². The van der Waals surface area contributed by atoms with Crippen LogP contribution in [0, 0.1) is 0 Å². The van der Waals surface area contributed by atoms with Gasteiger partial charge in [-0.1, -0.05) is 13.0 Å². The van der Waals surface area contributed by atoms with Gasteiger partial charge in [0.05, 0.1) is 24.2 Å². The summed E-state index contributed by atoms with van der Waals surface area (Å²) in [5.41, 5.74) is -0.138. The molecule has 1 atom stereocenters. The number of hydrogen-bond donors (Lipinski definition) is 2. The number of amides is 1. The number of aromatic nitrogens is 5. The van der Waals surface area contributed by atoms with E-state index in [9.17, 15) is 23.1 Å². The number of ether oxygens (including phenoxy) is 1. The van der Waals surface area contributed by atoms with Crippen molar-refractivity contribution >= 4 is 23.4 Å². The van der Waals surface area contributed by atoms with Crippen LogP contribution in [0.2, 0.25) is 0 Å². The molecule has 0 unspecified atom stereocenters. The number of nitrogens with zero attached hydrogens (tertiary/aromatic N) is 7. The molecule has 0 saturated heterocycles. The second kappa shape index (κ2) is 9.91. The van der Waals surface area contributed by atoms with Crippen molar-refractivity contribution < 1.29 is 31.9 Å². The quantitative estimate of drug-likeness (QED) is 0.455. The predicted molar refractivity (Wildman–Crippen MR) is 135 cm³/mol. The number of anilines is 3. The van der Waals surface area contributed by atoms with Crippen molar-refractivity contribution in [1.82, 2.24) is 24.9 Å². The summed E-state index contributed by atoms with van der Waals surface area (Å²) in [6.45, 7) is 0.0715. The molecule has 3 aromatic heterocycles. The second-order valence-corrected chi connectivity index (χ2v) is 9.31. The summed E-state index contributed by atoms with van der Waals surface area (Å²) in [6.07, 6.45) is -0.915. The fraction of sp³-hybridized carbons (Fsp3) is 0.440. The molecule has 14 heteroatoms. The van der Waals surface area contributed by atoms with Crippen LogP contribution in [0.4, 0.5) is 30.6 Å². The Morgan fingerprint density at radius 3 is 2.72 bits per heavy atom. The molecule has 0 spiro atoms. The van der Waals surface area contributed by atoms with Crippen molar-refractivity contribution in [2.24, 2.45) is 0 Å². The van der Waals surface area contributed by atoms with Crippen molar-refractivity contribution in [3.05, 3.63) is 47.3 Å². The number of nitrogens with one attached hydrogen (secondary N) is 1. The summed E-state index contributed by atoms with van der Waals surface area (Å²) in [5.74, 6) is -1.44. The summed E-state index contributed by atoms with van der Waals surface area (Å²) < 4.78 is 68.8. The van der Waals surface area contributed by atoms with Crippen LogP contribution in [-0.2, 0) is 30.4 Å². The van der Waals surface area contributed by atoms with Crippen molar-refractivity contribution in [3.8, 4) is 11.6 Å². The van der Waals surface area contributed by atoms with E-state index in [0.29, 0.717) is 36.3 Å². The van der Waals surface area contributed by atoms with Crippen LogP contribution in [0.3, 0.4) is 0 Å². The van der Waals surface area contributed by atoms with Crippen molar-refractivity contribution in [2.75, 3.05) is 35.2 Å². The molecule has 0 fully saturated rings. The normalized spacial score (nSPS) is 20.2. The zero-order valence-corrected chi connectivity index (χ0v) is 21.1. The maximum absolute atomic E-state index is 13.3. The molecule has 5 heterocycles. The second-order valence-electron chi connectivity index (χ2n) is 9.31. The molecular weight excluding hydrogens is 517 g/mol. The van der Waals surface area contributed by atoms with Crippen LogP contribution in [0.15, 0.2) is 24.5 Å². The highest BCUT2D eigenvalue weighted by Crippen LogP contribution is 2.43. The third kappa shape index (κ3) is 4.80. The lowest BCUT2D eigenvalue weighted by atomic mass is 9.93. The SMILES string of the molecule is [2H]C([2H])([2H])N1c2nc(NCc3ccc(Oc4cnc(C(F)(F)F)nc4CC)nc3)nc3c2N(CCC3)C(=O)[C@]1(C)CO. The lowest BCUT2D eigenvalue weighted by molar-refractivity contribution is -0.145. The number of carbonyl (C=O) groups excluding carboxylic acids is 1. The molecule has 0 aliphatic carbocycles. The van der Waals surface area contributed by atoms with E-state index < -0.39 is 37.0 Å². The van der Waals surface area contributed by atoms with Gasteiger partial charge in [0.25, 0.3) is 5.91 Å². The molecule has 2 aliphatic rings. The third-order valence-electron chi connectivity index (χ3n) is 6.60. The van der Waals surface area contributed by atoms with Gasteiger partial charge in [-0.15, -0.1) is 0 Å². The minimum Gasteiger partial charge on any atom is -0.435 e. The number of halogens is 3. The van der Waals surface area contributed by atoms with Gasteiger partial charge in [-0.05, 0) is 31.7 Å². The summed E-state index contributed by atoms with van der Waals surface area (Å²) >= 11 is 0. The summed E-state index contributed by atoms with van der Waals surface area (Å²) in [4.78, 5) is 35.7. The van der Waals surface area contributed by atoms with E-state index in [-0.39, 0.29) is 42.1 Å². The van der Waals surface area contributed by atoms with Gasteiger partial charge in [-0.2, -0.15) is 18.2 Å². The first-order chi connectivity index (χ1) is 19.8. The van der Waals surface area contributed by atoms with Crippen LogP contribution >= 0.6 is 0 Å². The highest BCUT2D eigenvalue weighted by atomic mass is 19.4. The number of rotatable bonds is 7. The average Bonchev–Trinajstić information content (AvgIpc) is 2.94. The van der Waals surface area contributed by atoms with Gasteiger partial charge in [0.1, 0.15) is 11.2 Å². The lowest BCUT2D eigenvalue weighted by Crippen LogP contribution is -2.64. The molecule has 1 amide bonds. The Hall–Kier alpha value is -4.07. The first kappa shape index (κ1) is 22.9. The Kier molecular flexibility index (Phi) is 5.81. The van der Waals surface area contributed by atoms with Crippen molar-refractivity contribution in [1.29, 1.82) is 0 Å². The Morgan fingerprint density at radius 2 is 2.05 bits per heavy atom. The maximum atomic E-state index is 13.3. The molecule has 39 heavy (non-hydrogen) atoms. The smallest absolute Gasteiger partial charge is 0.435 e. The molecule has 2 aliphatic heterocycles. The van der Waals surface area contributed by atoms with Crippen LogP contribution < -0.4 is 19.9 Å². The molecule has 5 rings (SSSR count). The van der Waals surface area contributed by atoms with E-state index >= 15 is 0 Å². The zero-order chi connectivity index (χ0) is 30.4. The molecule has 0 saturated carbocycles. The van der Waals surface area contributed by atoms with Crippen molar-refractivity contribution in [2.45, 2.75) is 51.4 Å². The Morgan fingerprint density at radius 1 is 1.23 bits per heavy atom. The monoisotopic (exact) mass is 547 g/mol. The van der Waals surface area contributed by atoms with E-state index in [4.69, 9.17) is 8.85 Å². The summed E-state index contributed by atoms with van der Waals surface area (Å²) in [5, 5.41) is 13.2. The van der Waals surface area contributed by atoms with Crippen LogP contribution in [0.5, 0.6) is 11.6 Å². The highest BCUT2D eigenvalue weighted by Gasteiger charge is 2.48. The third-order valence-corrected chi connectivity index (χ3v) is 6.60. The molecule has 0 bridgehead atoms. The number of aryl methyl sites for hydroxylation is 2. The topological polar surface area (TPSA) is 129 Å². The number of carbonyl (C=O) groups is 1.